The Balaban J connectivity index is 2.76. The molecule has 0 fully saturated rings. The molecule has 23 heavy (non-hydrogen) atoms. The zero-order valence-electron chi connectivity index (χ0n) is 14.1. The molecule has 1 aromatic carbocycles. The number of nitrogens with zero attached hydrogens (tertiary/aromatic N) is 2. The number of hydrogen-bond acceptors (Lipinski definition) is 5. The van der Waals surface area contributed by atoms with Gasteiger partial charge in [-0.25, -0.2) is 8.42 Å². The minimum Gasteiger partial charge on any atom is -0.496 e. The molecule has 0 bridgehead atoms. The zero-order chi connectivity index (χ0) is 17.5. The molecule has 0 aliphatic rings. The number of likely N-dealkylation sites (N-methyl/N-ethyl adjacent to an activating group) is 1. The molecule has 1 N–H and O–H groups in total. The van der Waals surface area contributed by atoms with E-state index in [0.29, 0.717) is 24.4 Å². The summed E-state index contributed by atoms with van der Waals surface area (Å²) < 4.78 is 30.3. The molecule has 8 heteroatoms. The van der Waals surface area contributed by atoms with Gasteiger partial charge in [0.2, 0.25) is 15.9 Å². The van der Waals surface area contributed by atoms with Crippen LogP contribution < -0.4 is 10.1 Å². The van der Waals surface area contributed by atoms with E-state index in [1.807, 2.05) is 19.0 Å². The van der Waals surface area contributed by atoms with E-state index in [0.717, 1.165) is 10.6 Å². The number of ether oxygens (including phenoxy) is 1. The van der Waals surface area contributed by atoms with E-state index in [4.69, 9.17) is 4.74 Å². The third-order valence-electron chi connectivity index (χ3n) is 3.21. The van der Waals surface area contributed by atoms with Crippen molar-refractivity contribution in [3.8, 4) is 5.75 Å². The second kappa shape index (κ2) is 8.85. The molecule has 0 spiro atoms. The third-order valence-corrected chi connectivity index (χ3v) is 4.41. The highest BCUT2D eigenvalue weighted by atomic mass is 32.2. The van der Waals surface area contributed by atoms with Crippen LogP contribution in [-0.2, 0) is 21.4 Å². The summed E-state index contributed by atoms with van der Waals surface area (Å²) in [6.45, 7) is 1.03. The number of carbonyl (C=O) groups is 1. The van der Waals surface area contributed by atoms with E-state index in [-0.39, 0.29) is 19.0 Å². The van der Waals surface area contributed by atoms with Crippen molar-refractivity contribution in [2.24, 2.45) is 0 Å². The van der Waals surface area contributed by atoms with Crippen molar-refractivity contribution in [2.75, 3.05) is 47.1 Å². The van der Waals surface area contributed by atoms with Crippen LogP contribution in [0.1, 0.15) is 5.56 Å². The Morgan fingerprint density at radius 2 is 1.91 bits per heavy atom. The summed E-state index contributed by atoms with van der Waals surface area (Å²) in [5.41, 5.74) is 0.710. The number of methoxy groups -OCH3 is 1. The lowest BCUT2D eigenvalue weighted by Crippen LogP contribution is -2.41. The van der Waals surface area contributed by atoms with Crippen LogP contribution >= 0.6 is 0 Å². The molecular formula is C15H25N3O4S. The summed E-state index contributed by atoms with van der Waals surface area (Å²) in [5.74, 6) is 0.265. The summed E-state index contributed by atoms with van der Waals surface area (Å²) in [7, 11) is 1.81. The molecule has 7 nitrogen and oxygen atoms in total. The lowest BCUT2D eigenvalue weighted by molar-refractivity contribution is -0.121. The van der Waals surface area contributed by atoms with Crippen LogP contribution in [0.3, 0.4) is 0 Å². The lowest BCUT2D eigenvalue weighted by atomic mass is 10.2. The smallest absolute Gasteiger partial charge is 0.235 e. The van der Waals surface area contributed by atoms with Gasteiger partial charge in [-0.3, -0.25) is 4.79 Å². The van der Waals surface area contributed by atoms with Crippen LogP contribution in [0.4, 0.5) is 0 Å². The number of hydrogen-bond donors (Lipinski definition) is 1. The molecular weight excluding hydrogens is 318 g/mol. The third kappa shape index (κ3) is 6.98. The predicted octanol–water partition coefficient (Wildman–Crippen LogP) is 0.135. The topological polar surface area (TPSA) is 79.0 Å². The first-order valence-electron chi connectivity index (χ1n) is 7.22. The molecule has 1 amide bonds. The Morgan fingerprint density at radius 1 is 1.26 bits per heavy atom. The summed E-state index contributed by atoms with van der Waals surface area (Å²) in [6.07, 6.45) is 1.09. The van der Waals surface area contributed by atoms with E-state index in [1.165, 1.54) is 7.11 Å². The minimum atomic E-state index is -3.52. The fraction of sp³-hybridized carbons (Fsp3) is 0.533. The van der Waals surface area contributed by atoms with Crippen LogP contribution in [0.25, 0.3) is 0 Å². The number of sulfonamides is 1. The number of carbonyl (C=O) groups excluding carboxylic acids is 1. The van der Waals surface area contributed by atoms with E-state index >= 15 is 0 Å². The molecule has 0 saturated carbocycles. The van der Waals surface area contributed by atoms with Gasteiger partial charge in [-0.1, -0.05) is 18.2 Å². The van der Waals surface area contributed by atoms with Crippen molar-refractivity contribution in [1.29, 1.82) is 0 Å². The summed E-state index contributed by atoms with van der Waals surface area (Å²) in [4.78, 5) is 13.9. The van der Waals surface area contributed by atoms with E-state index < -0.39 is 10.0 Å². The maximum Gasteiger partial charge on any atom is 0.235 e. The van der Waals surface area contributed by atoms with Gasteiger partial charge in [0, 0.05) is 25.2 Å². The Bertz CT molecular complexity index is 617. The van der Waals surface area contributed by atoms with Gasteiger partial charge in [-0.2, -0.15) is 4.31 Å². The van der Waals surface area contributed by atoms with Gasteiger partial charge in [0.1, 0.15) is 5.75 Å². The minimum absolute atomic E-state index is 0.0872. The summed E-state index contributed by atoms with van der Waals surface area (Å²) in [5, 5.41) is 2.71. The van der Waals surface area contributed by atoms with Gasteiger partial charge in [0.25, 0.3) is 0 Å². The SMILES string of the molecule is COc1ccccc1CN(CC(=O)NCCN(C)C)S(C)(=O)=O. The number of amides is 1. The molecule has 130 valence electrons. The maximum atomic E-state index is 12.0. The highest BCUT2D eigenvalue weighted by molar-refractivity contribution is 7.88. The molecule has 0 aliphatic heterocycles. The highest BCUT2D eigenvalue weighted by Crippen LogP contribution is 2.20. The highest BCUT2D eigenvalue weighted by Gasteiger charge is 2.21. The molecule has 1 rings (SSSR count). The van der Waals surface area contributed by atoms with E-state index in [2.05, 4.69) is 5.32 Å². The largest absolute Gasteiger partial charge is 0.496 e. The molecule has 0 atom stereocenters. The standard InChI is InChI=1S/C15H25N3O4S/c1-17(2)10-9-16-15(19)12-18(23(4,20)21)11-13-7-5-6-8-14(13)22-3/h5-8H,9-12H2,1-4H3,(H,16,19). The fourth-order valence-corrected chi connectivity index (χ4v) is 2.67. The lowest BCUT2D eigenvalue weighted by Gasteiger charge is -2.21. The van der Waals surface area contributed by atoms with Crippen LogP contribution in [-0.4, -0.2) is 70.6 Å². The molecule has 0 radical (unpaired) electrons. The average molecular weight is 343 g/mol. The van der Waals surface area contributed by atoms with Gasteiger partial charge in [-0.05, 0) is 20.2 Å². The van der Waals surface area contributed by atoms with Crippen molar-refractivity contribution in [2.45, 2.75) is 6.54 Å². The van der Waals surface area contributed by atoms with Gasteiger partial charge in [0.15, 0.2) is 0 Å². The number of rotatable bonds is 9. The molecule has 0 heterocycles. The van der Waals surface area contributed by atoms with E-state index in [9.17, 15) is 13.2 Å². The fourth-order valence-electron chi connectivity index (χ4n) is 1.95. The second-order valence-corrected chi connectivity index (χ2v) is 7.48. The molecule has 1 aromatic rings. The Hall–Kier alpha value is -1.64. The van der Waals surface area contributed by atoms with Crippen LogP contribution in [0.5, 0.6) is 5.75 Å². The quantitative estimate of drug-likeness (QED) is 0.690. The van der Waals surface area contributed by atoms with Gasteiger partial charge in [-0.15, -0.1) is 0 Å². The number of para-hydroxylation sites is 1. The molecule has 0 aliphatic carbocycles. The first-order valence-corrected chi connectivity index (χ1v) is 9.07. The summed E-state index contributed by atoms with van der Waals surface area (Å²) >= 11 is 0. The first-order chi connectivity index (χ1) is 10.7. The zero-order valence-corrected chi connectivity index (χ0v) is 14.9. The van der Waals surface area contributed by atoms with Gasteiger partial charge >= 0.3 is 0 Å². The molecule has 0 unspecified atom stereocenters. The van der Waals surface area contributed by atoms with Crippen molar-refractivity contribution in [3.63, 3.8) is 0 Å². The van der Waals surface area contributed by atoms with Gasteiger partial charge < -0.3 is 15.0 Å². The van der Waals surface area contributed by atoms with Crippen LogP contribution in [0.15, 0.2) is 24.3 Å². The van der Waals surface area contributed by atoms with Crippen LogP contribution in [0.2, 0.25) is 0 Å². The summed E-state index contributed by atoms with van der Waals surface area (Å²) in [6, 6.07) is 7.14. The number of benzene rings is 1. The molecule has 0 saturated heterocycles. The Kier molecular flexibility index (Phi) is 7.47. The monoisotopic (exact) mass is 343 g/mol. The van der Waals surface area contributed by atoms with Crippen molar-refractivity contribution in [3.05, 3.63) is 29.8 Å². The second-order valence-electron chi connectivity index (χ2n) is 5.50. The van der Waals surface area contributed by atoms with Crippen LogP contribution in [0, 0.1) is 0 Å². The maximum absolute atomic E-state index is 12.0. The van der Waals surface area contributed by atoms with Gasteiger partial charge in [0.05, 0.1) is 19.9 Å². The average Bonchev–Trinajstić information content (AvgIpc) is 2.45. The van der Waals surface area contributed by atoms with Crippen molar-refractivity contribution >= 4 is 15.9 Å². The first kappa shape index (κ1) is 19.4. The van der Waals surface area contributed by atoms with Crippen molar-refractivity contribution < 1.29 is 17.9 Å². The van der Waals surface area contributed by atoms with E-state index in [1.54, 1.807) is 24.3 Å². The Labute approximate surface area is 138 Å². The number of nitrogens with one attached hydrogen (secondary N) is 1. The van der Waals surface area contributed by atoms with Crippen molar-refractivity contribution in [1.82, 2.24) is 14.5 Å². The molecule has 0 aromatic heterocycles. The normalized spacial score (nSPS) is 11.7. The predicted molar refractivity (Wildman–Crippen MR) is 89.8 cm³/mol. The Morgan fingerprint density at radius 3 is 2.48 bits per heavy atom.